The summed E-state index contributed by atoms with van der Waals surface area (Å²) in [5, 5.41) is 7.62. The smallest absolute Gasteiger partial charge is 0.0159 e. The van der Waals surface area contributed by atoms with Gasteiger partial charge >= 0.3 is 0 Å². The largest absolute Gasteiger partial charge is 0.0622 e. The van der Waals surface area contributed by atoms with Crippen molar-refractivity contribution in [3.63, 3.8) is 0 Å². The highest BCUT2D eigenvalue weighted by Crippen LogP contribution is 2.54. The summed E-state index contributed by atoms with van der Waals surface area (Å²) in [6.45, 7) is 4.75. The van der Waals surface area contributed by atoms with Crippen LogP contribution in [0.5, 0.6) is 0 Å². The first-order chi connectivity index (χ1) is 25.1. The molecule has 9 aromatic carbocycles. The highest BCUT2D eigenvalue weighted by atomic mass is 14.4. The molecule has 0 heteroatoms. The summed E-state index contributed by atoms with van der Waals surface area (Å²) in [7, 11) is 0. The first-order valence-electron chi connectivity index (χ1n) is 17.9. The maximum atomic E-state index is 2.46. The SMILES string of the molecule is CC1(C)c2ccccc2-c2c(-c3c4ccccc4c(-c4ccc(-c5ccccc5)cc4)c4ccc(-c5cccc6ccccc56)cc34)cccc21. The summed E-state index contributed by atoms with van der Waals surface area (Å²) in [6.07, 6.45) is 0. The molecule has 0 heterocycles. The number of hydrogen-bond acceptors (Lipinski definition) is 0. The van der Waals surface area contributed by atoms with E-state index in [0.717, 1.165) is 0 Å². The third-order valence-electron chi connectivity index (χ3n) is 11.3. The van der Waals surface area contributed by atoms with Gasteiger partial charge in [0.1, 0.15) is 0 Å². The Hall–Kier alpha value is -6.24. The molecule has 0 saturated carbocycles. The summed E-state index contributed by atoms with van der Waals surface area (Å²) in [4.78, 5) is 0. The number of fused-ring (bicyclic) bond motifs is 6. The van der Waals surface area contributed by atoms with Gasteiger partial charge in [-0.2, -0.15) is 0 Å². The van der Waals surface area contributed by atoms with Crippen molar-refractivity contribution in [3.05, 3.63) is 193 Å². The molecule has 0 aromatic heterocycles. The van der Waals surface area contributed by atoms with Crippen molar-refractivity contribution in [3.8, 4) is 55.6 Å². The Bertz CT molecular complexity index is 2790. The maximum absolute atomic E-state index is 2.46. The average Bonchev–Trinajstić information content (AvgIpc) is 3.43. The quantitative estimate of drug-likeness (QED) is 0.167. The lowest BCUT2D eigenvalue weighted by atomic mass is 9.80. The van der Waals surface area contributed by atoms with Crippen LogP contribution in [0.4, 0.5) is 0 Å². The normalized spacial score (nSPS) is 13.1. The van der Waals surface area contributed by atoms with E-state index >= 15 is 0 Å². The molecule has 0 aliphatic heterocycles. The second-order valence-electron chi connectivity index (χ2n) is 14.4. The van der Waals surface area contributed by atoms with Gasteiger partial charge in [0.2, 0.25) is 0 Å². The Balaban J connectivity index is 1.31. The van der Waals surface area contributed by atoms with E-state index in [9.17, 15) is 0 Å². The molecule has 10 rings (SSSR count). The van der Waals surface area contributed by atoms with Gasteiger partial charge in [-0.25, -0.2) is 0 Å². The Morgan fingerprint density at radius 1 is 0.294 bits per heavy atom. The fourth-order valence-corrected chi connectivity index (χ4v) is 8.85. The molecule has 51 heavy (non-hydrogen) atoms. The van der Waals surface area contributed by atoms with Gasteiger partial charge in [0, 0.05) is 5.41 Å². The Labute approximate surface area is 299 Å². The molecule has 1 aliphatic rings. The van der Waals surface area contributed by atoms with Crippen LogP contribution in [0, 0.1) is 0 Å². The van der Waals surface area contributed by atoms with E-state index in [-0.39, 0.29) is 5.41 Å². The van der Waals surface area contributed by atoms with Crippen LogP contribution in [-0.4, -0.2) is 0 Å². The van der Waals surface area contributed by atoms with Crippen LogP contribution in [0.25, 0.3) is 88.0 Å². The van der Waals surface area contributed by atoms with Gasteiger partial charge in [-0.1, -0.05) is 190 Å². The summed E-state index contributed by atoms with van der Waals surface area (Å²) in [5.74, 6) is 0. The van der Waals surface area contributed by atoms with Gasteiger partial charge in [0.05, 0.1) is 0 Å². The Kier molecular flexibility index (Phi) is 6.63. The van der Waals surface area contributed by atoms with E-state index in [1.54, 1.807) is 0 Å². The Morgan fingerprint density at radius 2 is 0.824 bits per heavy atom. The zero-order chi connectivity index (χ0) is 34.1. The van der Waals surface area contributed by atoms with Crippen LogP contribution in [0.15, 0.2) is 182 Å². The molecule has 1 aliphatic carbocycles. The topological polar surface area (TPSA) is 0 Å². The monoisotopic (exact) mass is 648 g/mol. The molecule has 0 fully saturated rings. The number of rotatable bonds is 4. The summed E-state index contributed by atoms with van der Waals surface area (Å²) >= 11 is 0. The molecule has 0 spiro atoms. The lowest BCUT2D eigenvalue weighted by Gasteiger charge is -2.23. The van der Waals surface area contributed by atoms with Gasteiger partial charge in [-0.15, -0.1) is 0 Å². The van der Waals surface area contributed by atoms with E-state index in [1.807, 2.05) is 0 Å². The standard InChI is InChI=1S/C51H36/c1-51(2)46-24-11-10-21-43(46)50-44(23-13-25-47(50)51)49-41-20-9-8-19-40(41)48(36-28-26-34(27-29-36)33-14-4-3-5-15-33)42-31-30-37(32-45(42)49)39-22-12-17-35-16-6-7-18-38(35)39/h3-32H,1-2H3. The van der Waals surface area contributed by atoms with Crippen LogP contribution >= 0.6 is 0 Å². The van der Waals surface area contributed by atoms with Crippen LogP contribution in [0.2, 0.25) is 0 Å². The third-order valence-corrected chi connectivity index (χ3v) is 11.3. The molecule has 240 valence electrons. The lowest BCUT2D eigenvalue weighted by Crippen LogP contribution is -2.14. The fraction of sp³-hybridized carbons (Fsp3) is 0.0588. The van der Waals surface area contributed by atoms with Crippen molar-refractivity contribution in [1.82, 2.24) is 0 Å². The fourth-order valence-electron chi connectivity index (χ4n) is 8.85. The molecule has 0 radical (unpaired) electrons. The van der Waals surface area contributed by atoms with Crippen molar-refractivity contribution >= 4 is 32.3 Å². The van der Waals surface area contributed by atoms with E-state index in [0.29, 0.717) is 0 Å². The van der Waals surface area contributed by atoms with Crippen molar-refractivity contribution in [2.24, 2.45) is 0 Å². The zero-order valence-electron chi connectivity index (χ0n) is 28.8. The molecule has 0 amide bonds. The minimum Gasteiger partial charge on any atom is -0.0622 e. The second kappa shape index (κ2) is 11.4. The average molecular weight is 649 g/mol. The van der Waals surface area contributed by atoms with E-state index in [4.69, 9.17) is 0 Å². The molecular formula is C51H36. The number of benzene rings is 9. The molecular weight excluding hydrogens is 613 g/mol. The number of hydrogen-bond donors (Lipinski definition) is 0. The second-order valence-corrected chi connectivity index (χ2v) is 14.4. The van der Waals surface area contributed by atoms with Crippen molar-refractivity contribution < 1.29 is 0 Å². The third kappa shape index (κ3) is 4.53. The summed E-state index contributed by atoms with van der Waals surface area (Å²) < 4.78 is 0. The van der Waals surface area contributed by atoms with Gasteiger partial charge < -0.3 is 0 Å². The predicted molar refractivity (Wildman–Crippen MR) is 218 cm³/mol. The molecule has 9 aromatic rings. The molecule has 0 nitrogen and oxygen atoms in total. The minimum absolute atomic E-state index is 0.0813. The van der Waals surface area contributed by atoms with E-state index < -0.39 is 0 Å². The zero-order valence-corrected chi connectivity index (χ0v) is 28.8. The molecule has 0 saturated heterocycles. The van der Waals surface area contributed by atoms with Crippen LogP contribution in [0.3, 0.4) is 0 Å². The highest BCUT2D eigenvalue weighted by Gasteiger charge is 2.37. The van der Waals surface area contributed by atoms with Gasteiger partial charge in [-0.05, 0) is 105 Å². The molecule has 0 atom stereocenters. The predicted octanol–water partition coefficient (Wildman–Crippen LogP) is 14.1. The maximum Gasteiger partial charge on any atom is 0.0159 e. The minimum atomic E-state index is -0.0813. The van der Waals surface area contributed by atoms with Gasteiger partial charge in [-0.3, -0.25) is 0 Å². The van der Waals surface area contributed by atoms with Gasteiger partial charge in [0.15, 0.2) is 0 Å². The first kappa shape index (κ1) is 29.7. The first-order valence-corrected chi connectivity index (χ1v) is 17.9. The molecule has 0 unspecified atom stereocenters. The van der Waals surface area contributed by atoms with Crippen molar-refractivity contribution in [2.75, 3.05) is 0 Å². The highest BCUT2D eigenvalue weighted by molar-refractivity contribution is 6.23. The summed E-state index contributed by atoms with van der Waals surface area (Å²) in [5.41, 5.74) is 15.5. The van der Waals surface area contributed by atoms with Crippen LogP contribution in [-0.2, 0) is 5.41 Å². The molecule has 0 bridgehead atoms. The summed E-state index contributed by atoms with van der Waals surface area (Å²) in [6, 6.07) is 67.4. The van der Waals surface area contributed by atoms with Crippen molar-refractivity contribution in [2.45, 2.75) is 19.3 Å². The van der Waals surface area contributed by atoms with Crippen LogP contribution in [0.1, 0.15) is 25.0 Å². The van der Waals surface area contributed by atoms with E-state index in [1.165, 1.54) is 99.1 Å². The Morgan fingerprint density at radius 3 is 1.65 bits per heavy atom. The molecule has 0 N–H and O–H groups in total. The van der Waals surface area contributed by atoms with E-state index in [2.05, 4.69) is 196 Å². The van der Waals surface area contributed by atoms with Gasteiger partial charge in [0.25, 0.3) is 0 Å². The lowest BCUT2D eigenvalue weighted by molar-refractivity contribution is 0.660. The van der Waals surface area contributed by atoms with Crippen LogP contribution < -0.4 is 0 Å². The van der Waals surface area contributed by atoms with Crippen molar-refractivity contribution in [1.29, 1.82) is 0 Å².